The van der Waals surface area contributed by atoms with Gasteiger partial charge in [-0.1, -0.05) is 25.4 Å². The van der Waals surface area contributed by atoms with E-state index in [1.54, 1.807) is 0 Å². The van der Waals surface area contributed by atoms with Crippen LogP contribution in [0.5, 0.6) is 0 Å². The number of anilines is 1. The molecule has 1 unspecified atom stereocenters. The van der Waals surface area contributed by atoms with E-state index in [0.29, 0.717) is 11.4 Å². The normalized spacial score (nSPS) is 13.7. The van der Waals surface area contributed by atoms with Crippen LogP contribution in [-0.4, -0.2) is 26.2 Å². The lowest BCUT2D eigenvalue weighted by Gasteiger charge is -2.21. The van der Waals surface area contributed by atoms with Crippen LogP contribution in [0.15, 0.2) is 23.1 Å². The van der Waals surface area contributed by atoms with Crippen LogP contribution in [0.2, 0.25) is 5.02 Å². The molecule has 0 aliphatic rings. The third-order valence-electron chi connectivity index (χ3n) is 2.81. The molecule has 4 N–H and O–H groups in total. The molecule has 0 heterocycles. The van der Waals surface area contributed by atoms with Crippen molar-refractivity contribution in [1.82, 2.24) is 4.72 Å². The van der Waals surface area contributed by atoms with Crippen molar-refractivity contribution in [1.29, 1.82) is 0 Å². The zero-order valence-corrected chi connectivity index (χ0v) is 12.5. The Morgan fingerprint density at radius 3 is 2.53 bits per heavy atom. The van der Waals surface area contributed by atoms with Crippen LogP contribution in [0.3, 0.4) is 0 Å². The van der Waals surface area contributed by atoms with E-state index < -0.39 is 10.0 Å². The van der Waals surface area contributed by atoms with Crippen LogP contribution in [0.25, 0.3) is 0 Å². The Kier molecular flexibility index (Phi) is 5.61. The first-order valence-corrected chi connectivity index (χ1v) is 7.82. The minimum atomic E-state index is -3.72. The van der Waals surface area contributed by atoms with Gasteiger partial charge in [-0.05, 0) is 30.5 Å². The van der Waals surface area contributed by atoms with Crippen molar-refractivity contribution in [3.05, 3.63) is 23.2 Å². The predicted molar refractivity (Wildman–Crippen MR) is 76.5 cm³/mol. The zero-order valence-electron chi connectivity index (χ0n) is 10.9. The van der Waals surface area contributed by atoms with Gasteiger partial charge in [-0.2, -0.15) is 0 Å². The first kappa shape index (κ1) is 16.2. The smallest absolute Gasteiger partial charge is 0.242 e. The first-order chi connectivity index (χ1) is 8.77. The number of nitrogens with one attached hydrogen (secondary N) is 1. The monoisotopic (exact) mass is 306 g/mol. The zero-order chi connectivity index (χ0) is 14.6. The molecule has 1 atom stereocenters. The fraction of sp³-hybridized carbons (Fsp3) is 0.500. The van der Waals surface area contributed by atoms with Crippen molar-refractivity contribution >= 4 is 27.3 Å². The van der Waals surface area contributed by atoms with Crippen LogP contribution in [0.4, 0.5) is 5.69 Å². The van der Waals surface area contributed by atoms with Gasteiger partial charge in [0.25, 0.3) is 0 Å². The average molecular weight is 307 g/mol. The fourth-order valence-electron chi connectivity index (χ4n) is 1.69. The standard InChI is InChI=1S/C12H19ClN2O3S/c1-8(2)11(5-6-16)15-19(17,18)12-4-3-9(13)7-10(12)14/h3-4,7-8,11,15-16H,5-6,14H2,1-2H3. The Morgan fingerprint density at radius 1 is 1.42 bits per heavy atom. The second-order valence-electron chi connectivity index (χ2n) is 4.67. The lowest BCUT2D eigenvalue weighted by Crippen LogP contribution is -2.39. The molecule has 0 spiro atoms. The van der Waals surface area contributed by atoms with Crippen molar-refractivity contribution in [2.24, 2.45) is 5.92 Å². The molecular formula is C12H19ClN2O3S. The van der Waals surface area contributed by atoms with Gasteiger partial charge < -0.3 is 10.8 Å². The highest BCUT2D eigenvalue weighted by molar-refractivity contribution is 7.89. The van der Waals surface area contributed by atoms with Crippen LogP contribution >= 0.6 is 11.6 Å². The van der Waals surface area contributed by atoms with Crippen LogP contribution in [-0.2, 0) is 10.0 Å². The van der Waals surface area contributed by atoms with Crippen LogP contribution < -0.4 is 10.5 Å². The summed E-state index contributed by atoms with van der Waals surface area (Å²) in [6, 6.07) is 3.90. The lowest BCUT2D eigenvalue weighted by atomic mass is 10.0. The number of benzene rings is 1. The highest BCUT2D eigenvalue weighted by Gasteiger charge is 2.23. The molecule has 0 aromatic heterocycles. The molecule has 0 fully saturated rings. The minimum Gasteiger partial charge on any atom is -0.398 e. The maximum atomic E-state index is 12.2. The Hall–Kier alpha value is -0.820. The summed E-state index contributed by atoms with van der Waals surface area (Å²) < 4.78 is 27.0. The second kappa shape index (κ2) is 6.56. The number of sulfonamides is 1. The van der Waals surface area contributed by atoms with Crippen molar-refractivity contribution in [2.45, 2.75) is 31.2 Å². The molecular weight excluding hydrogens is 288 g/mol. The van der Waals surface area contributed by atoms with E-state index in [1.165, 1.54) is 18.2 Å². The summed E-state index contributed by atoms with van der Waals surface area (Å²) in [5, 5.41) is 9.35. The van der Waals surface area contributed by atoms with Gasteiger partial charge in [0, 0.05) is 17.7 Å². The number of nitrogens with two attached hydrogens (primary N) is 1. The Balaban J connectivity index is 3.03. The lowest BCUT2D eigenvalue weighted by molar-refractivity contribution is 0.256. The van der Waals surface area contributed by atoms with Crippen molar-refractivity contribution in [3.8, 4) is 0 Å². The van der Waals surface area contributed by atoms with Gasteiger partial charge in [-0.15, -0.1) is 0 Å². The molecule has 0 radical (unpaired) electrons. The quantitative estimate of drug-likeness (QED) is 0.696. The molecule has 0 amide bonds. The van der Waals surface area contributed by atoms with E-state index in [4.69, 9.17) is 22.4 Å². The summed E-state index contributed by atoms with van der Waals surface area (Å²) in [6.07, 6.45) is 0.352. The second-order valence-corrected chi connectivity index (χ2v) is 6.79. The van der Waals surface area contributed by atoms with Gasteiger partial charge in [0.1, 0.15) is 4.90 Å². The van der Waals surface area contributed by atoms with E-state index in [2.05, 4.69) is 4.72 Å². The van der Waals surface area contributed by atoms with E-state index in [0.717, 1.165) is 0 Å². The fourth-order valence-corrected chi connectivity index (χ4v) is 3.41. The SMILES string of the molecule is CC(C)C(CCO)NS(=O)(=O)c1ccc(Cl)cc1N. The largest absolute Gasteiger partial charge is 0.398 e. The highest BCUT2D eigenvalue weighted by Crippen LogP contribution is 2.23. The van der Waals surface area contributed by atoms with E-state index in [9.17, 15) is 8.42 Å². The molecule has 1 aromatic carbocycles. The van der Waals surface area contributed by atoms with Crippen molar-refractivity contribution in [3.63, 3.8) is 0 Å². The molecule has 0 bridgehead atoms. The molecule has 1 rings (SSSR count). The summed E-state index contributed by atoms with van der Waals surface area (Å²) in [6.45, 7) is 3.68. The number of hydrogen-bond donors (Lipinski definition) is 3. The molecule has 0 saturated carbocycles. The molecule has 7 heteroatoms. The third kappa shape index (κ3) is 4.35. The van der Waals surface area contributed by atoms with E-state index in [-0.39, 0.29) is 29.1 Å². The number of nitrogen functional groups attached to an aromatic ring is 1. The number of rotatable bonds is 6. The van der Waals surface area contributed by atoms with Gasteiger partial charge >= 0.3 is 0 Å². The summed E-state index contributed by atoms with van der Waals surface area (Å²) in [5.41, 5.74) is 5.78. The van der Waals surface area contributed by atoms with Gasteiger partial charge in [-0.25, -0.2) is 13.1 Å². The molecule has 1 aromatic rings. The Morgan fingerprint density at radius 2 is 2.05 bits per heavy atom. The molecule has 5 nitrogen and oxygen atoms in total. The Labute approximate surface area is 118 Å². The molecule has 0 aliphatic carbocycles. The van der Waals surface area contributed by atoms with E-state index >= 15 is 0 Å². The first-order valence-electron chi connectivity index (χ1n) is 5.96. The molecule has 108 valence electrons. The number of halogens is 1. The van der Waals surface area contributed by atoms with Gasteiger partial charge in [0.2, 0.25) is 10.0 Å². The van der Waals surface area contributed by atoms with Gasteiger partial charge in [0.15, 0.2) is 0 Å². The number of aliphatic hydroxyl groups is 1. The van der Waals surface area contributed by atoms with E-state index in [1.807, 2.05) is 13.8 Å². The number of hydrogen-bond acceptors (Lipinski definition) is 4. The summed E-state index contributed by atoms with van der Waals surface area (Å²) in [7, 11) is -3.72. The average Bonchev–Trinajstić information content (AvgIpc) is 2.27. The molecule has 0 saturated heterocycles. The number of aliphatic hydroxyl groups excluding tert-OH is 1. The molecule has 19 heavy (non-hydrogen) atoms. The topological polar surface area (TPSA) is 92.4 Å². The van der Waals surface area contributed by atoms with Crippen molar-refractivity contribution < 1.29 is 13.5 Å². The molecule has 0 aliphatic heterocycles. The third-order valence-corrected chi connectivity index (χ3v) is 4.61. The maximum absolute atomic E-state index is 12.2. The van der Waals surface area contributed by atoms with Gasteiger partial charge in [0.05, 0.1) is 5.69 Å². The van der Waals surface area contributed by atoms with Crippen LogP contribution in [0, 0.1) is 5.92 Å². The highest BCUT2D eigenvalue weighted by atomic mass is 35.5. The predicted octanol–water partition coefficient (Wildman–Crippen LogP) is 1.61. The van der Waals surface area contributed by atoms with Crippen molar-refractivity contribution in [2.75, 3.05) is 12.3 Å². The minimum absolute atomic E-state index is 0.000454. The van der Waals surface area contributed by atoms with Crippen LogP contribution in [0.1, 0.15) is 20.3 Å². The van der Waals surface area contributed by atoms with Gasteiger partial charge in [-0.3, -0.25) is 0 Å². The summed E-state index contributed by atoms with van der Waals surface area (Å²) in [5.74, 6) is 0.0652. The Bertz CT molecular complexity index is 532. The summed E-state index contributed by atoms with van der Waals surface area (Å²) >= 11 is 5.74. The maximum Gasteiger partial charge on any atom is 0.242 e. The summed E-state index contributed by atoms with van der Waals surface area (Å²) in [4.78, 5) is 0.000454.